The maximum atomic E-state index is 7.74. The second kappa shape index (κ2) is 5.99. The van der Waals surface area contributed by atoms with Gasteiger partial charge in [0, 0.05) is 17.1 Å². The average Bonchev–Trinajstić information content (AvgIpc) is 2.37. The van der Waals surface area contributed by atoms with Crippen molar-refractivity contribution in [2.75, 3.05) is 5.73 Å². The largest absolute Gasteiger partial charge is 0.382 e. The molecule has 0 aliphatic rings. The standard InChI is InChI=1S/C12H12Cl3N5/c1-2-3-20-12(17)18-11(16)10(19-20)7-4-6(13)5-8(14)9(7)15/h4-5H,2-3H2,1H3,(H3,16,17,18). The van der Waals surface area contributed by atoms with E-state index in [0.29, 0.717) is 32.9 Å². The Bertz CT molecular complexity index is 711. The molecule has 0 spiro atoms. The van der Waals surface area contributed by atoms with Gasteiger partial charge in [-0.25, -0.2) is 4.68 Å². The van der Waals surface area contributed by atoms with Gasteiger partial charge in [-0.15, -0.1) is 0 Å². The molecule has 1 aromatic heterocycles. The van der Waals surface area contributed by atoms with E-state index < -0.39 is 0 Å². The molecule has 20 heavy (non-hydrogen) atoms. The Morgan fingerprint density at radius 3 is 2.65 bits per heavy atom. The van der Waals surface area contributed by atoms with E-state index in [1.54, 1.807) is 6.07 Å². The lowest BCUT2D eigenvalue weighted by atomic mass is 10.1. The number of nitrogen functional groups attached to an aromatic ring is 1. The third kappa shape index (κ3) is 2.90. The Labute approximate surface area is 130 Å². The van der Waals surface area contributed by atoms with Crippen molar-refractivity contribution in [2.24, 2.45) is 0 Å². The van der Waals surface area contributed by atoms with Gasteiger partial charge in [0.1, 0.15) is 5.69 Å². The zero-order valence-electron chi connectivity index (χ0n) is 10.6. The molecule has 0 unspecified atom stereocenters. The molecule has 0 saturated heterocycles. The molecule has 5 nitrogen and oxygen atoms in total. The summed E-state index contributed by atoms with van der Waals surface area (Å²) >= 11 is 18.2. The number of aromatic nitrogens is 3. The molecule has 0 saturated carbocycles. The number of halogens is 3. The zero-order valence-corrected chi connectivity index (χ0v) is 12.9. The van der Waals surface area contributed by atoms with Crippen LogP contribution >= 0.6 is 34.8 Å². The molecule has 2 rings (SSSR count). The molecule has 8 heteroatoms. The number of nitrogens with zero attached hydrogens (tertiary/aromatic N) is 3. The SMILES string of the molecule is CCCn1nc(-c2cc(Cl)cc(Cl)c2Cl)c(N)nc1=N. The second-order valence-electron chi connectivity index (χ2n) is 4.14. The fourth-order valence-electron chi connectivity index (χ4n) is 1.73. The van der Waals surface area contributed by atoms with Gasteiger partial charge in [-0.3, -0.25) is 5.41 Å². The van der Waals surface area contributed by atoms with Gasteiger partial charge < -0.3 is 5.73 Å². The quantitative estimate of drug-likeness (QED) is 0.845. The Morgan fingerprint density at radius 1 is 1.30 bits per heavy atom. The fourth-order valence-corrected chi connectivity index (χ4v) is 2.42. The smallest absolute Gasteiger partial charge is 0.240 e. The van der Waals surface area contributed by atoms with E-state index >= 15 is 0 Å². The lowest BCUT2D eigenvalue weighted by molar-refractivity contribution is 0.538. The number of rotatable bonds is 3. The molecular weight excluding hydrogens is 321 g/mol. The first-order valence-corrected chi connectivity index (χ1v) is 7.01. The van der Waals surface area contributed by atoms with E-state index in [1.165, 1.54) is 10.7 Å². The van der Waals surface area contributed by atoms with Gasteiger partial charge in [-0.1, -0.05) is 41.7 Å². The summed E-state index contributed by atoms with van der Waals surface area (Å²) in [4.78, 5) is 3.97. The van der Waals surface area contributed by atoms with E-state index in [4.69, 9.17) is 45.9 Å². The Balaban J connectivity index is 2.69. The number of aryl methyl sites for hydroxylation is 1. The molecule has 0 atom stereocenters. The van der Waals surface area contributed by atoms with Crippen molar-refractivity contribution in [3.05, 3.63) is 32.8 Å². The van der Waals surface area contributed by atoms with Gasteiger partial charge >= 0.3 is 0 Å². The molecule has 1 aromatic carbocycles. The van der Waals surface area contributed by atoms with E-state index in [9.17, 15) is 0 Å². The van der Waals surface area contributed by atoms with Crippen LogP contribution < -0.4 is 11.4 Å². The van der Waals surface area contributed by atoms with Crippen LogP contribution in [0.1, 0.15) is 13.3 Å². The van der Waals surface area contributed by atoms with Gasteiger partial charge in [0.15, 0.2) is 5.82 Å². The molecule has 0 bridgehead atoms. The number of hydrogen-bond donors (Lipinski definition) is 2. The van der Waals surface area contributed by atoms with Crippen molar-refractivity contribution in [3.8, 4) is 11.3 Å². The maximum absolute atomic E-state index is 7.74. The lowest BCUT2D eigenvalue weighted by Gasteiger charge is -2.11. The van der Waals surface area contributed by atoms with Crippen molar-refractivity contribution >= 4 is 40.6 Å². The van der Waals surface area contributed by atoms with Crippen molar-refractivity contribution < 1.29 is 0 Å². The minimum atomic E-state index is -0.00246. The first-order valence-electron chi connectivity index (χ1n) is 5.88. The number of hydrogen-bond acceptors (Lipinski definition) is 4. The fraction of sp³-hybridized carbons (Fsp3) is 0.250. The van der Waals surface area contributed by atoms with Crippen LogP contribution in [0.2, 0.25) is 15.1 Å². The molecule has 3 N–H and O–H groups in total. The summed E-state index contributed by atoms with van der Waals surface area (Å²) < 4.78 is 1.46. The highest BCUT2D eigenvalue weighted by Gasteiger charge is 2.15. The van der Waals surface area contributed by atoms with E-state index in [0.717, 1.165) is 6.42 Å². The highest BCUT2D eigenvalue weighted by atomic mass is 35.5. The third-order valence-electron chi connectivity index (χ3n) is 2.62. The van der Waals surface area contributed by atoms with Crippen LogP contribution in [0.25, 0.3) is 11.3 Å². The van der Waals surface area contributed by atoms with Gasteiger partial charge in [0.05, 0.1) is 10.0 Å². The predicted octanol–water partition coefficient (Wildman–Crippen LogP) is 3.38. The normalized spacial score (nSPS) is 10.8. The summed E-state index contributed by atoms with van der Waals surface area (Å²) in [6.45, 7) is 2.54. The van der Waals surface area contributed by atoms with Crippen molar-refractivity contribution in [2.45, 2.75) is 19.9 Å². The number of nitrogens with two attached hydrogens (primary N) is 1. The van der Waals surface area contributed by atoms with Gasteiger partial charge in [0.2, 0.25) is 5.62 Å². The van der Waals surface area contributed by atoms with E-state index in [-0.39, 0.29) is 11.4 Å². The lowest BCUT2D eigenvalue weighted by Crippen LogP contribution is -2.27. The topological polar surface area (TPSA) is 80.6 Å². The average molecular weight is 333 g/mol. The highest BCUT2D eigenvalue weighted by Crippen LogP contribution is 2.36. The Kier molecular flexibility index (Phi) is 4.52. The third-order valence-corrected chi connectivity index (χ3v) is 3.64. The van der Waals surface area contributed by atoms with Crippen LogP contribution in [-0.2, 0) is 6.54 Å². The van der Waals surface area contributed by atoms with Crippen LogP contribution in [0, 0.1) is 5.41 Å². The van der Waals surface area contributed by atoms with Crippen LogP contribution in [-0.4, -0.2) is 14.8 Å². The summed E-state index contributed by atoms with van der Waals surface area (Å²) in [5.74, 6) is 0.114. The van der Waals surface area contributed by atoms with Crippen molar-refractivity contribution in [1.82, 2.24) is 14.8 Å². The molecule has 0 aliphatic carbocycles. The molecule has 106 valence electrons. The number of nitrogens with one attached hydrogen (secondary N) is 1. The van der Waals surface area contributed by atoms with Crippen LogP contribution in [0.3, 0.4) is 0 Å². The summed E-state index contributed by atoms with van der Waals surface area (Å²) in [7, 11) is 0. The highest BCUT2D eigenvalue weighted by molar-refractivity contribution is 6.45. The second-order valence-corrected chi connectivity index (χ2v) is 5.36. The molecule has 2 aromatic rings. The van der Waals surface area contributed by atoms with Crippen LogP contribution in [0.4, 0.5) is 5.82 Å². The summed E-state index contributed by atoms with van der Waals surface area (Å²) in [5, 5.41) is 13.1. The minimum Gasteiger partial charge on any atom is -0.382 e. The van der Waals surface area contributed by atoms with Crippen molar-refractivity contribution in [3.63, 3.8) is 0 Å². The first kappa shape index (κ1) is 15.1. The minimum absolute atomic E-state index is 0.00246. The van der Waals surface area contributed by atoms with E-state index in [1.807, 2.05) is 6.92 Å². The van der Waals surface area contributed by atoms with Crippen LogP contribution in [0.15, 0.2) is 12.1 Å². The molecule has 1 heterocycles. The van der Waals surface area contributed by atoms with Gasteiger partial charge in [0.25, 0.3) is 0 Å². The molecule has 0 radical (unpaired) electrons. The van der Waals surface area contributed by atoms with Gasteiger partial charge in [-0.2, -0.15) is 10.1 Å². The molecule has 0 fully saturated rings. The van der Waals surface area contributed by atoms with Crippen LogP contribution in [0.5, 0.6) is 0 Å². The molecular formula is C12H12Cl3N5. The molecule has 0 amide bonds. The Morgan fingerprint density at radius 2 is 2.00 bits per heavy atom. The monoisotopic (exact) mass is 331 g/mol. The van der Waals surface area contributed by atoms with E-state index in [2.05, 4.69) is 10.1 Å². The first-order chi connectivity index (χ1) is 9.43. The Hall–Kier alpha value is -1.30. The van der Waals surface area contributed by atoms with Crippen molar-refractivity contribution in [1.29, 1.82) is 5.41 Å². The maximum Gasteiger partial charge on any atom is 0.240 e. The zero-order chi connectivity index (χ0) is 14.9. The molecule has 0 aliphatic heterocycles. The predicted molar refractivity (Wildman–Crippen MR) is 81.0 cm³/mol. The number of anilines is 1. The summed E-state index contributed by atoms with van der Waals surface area (Å²) in [6.07, 6.45) is 0.818. The summed E-state index contributed by atoms with van der Waals surface area (Å²) in [5.41, 5.74) is 6.70. The van der Waals surface area contributed by atoms with Gasteiger partial charge in [-0.05, 0) is 18.6 Å². The number of benzene rings is 1. The summed E-state index contributed by atoms with van der Waals surface area (Å²) in [6, 6.07) is 3.16.